The molecule has 5 heteroatoms. The van der Waals surface area contributed by atoms with Crippen LogP contribution in [0.4, 0.5) is 0 Å². The topological polar surface area (TPSA) is 29.9 Å². The van der Waals surface area contributed by atoms with Gasteiger partial charge in [0.05, 0.1) is 12.2 Å². The number of aryl methyl sites for hydroxylation is 1. The summed E-state index contributed by atoms with van der Waals surface area (Å²) in [5, 5.41) is 4.27. The van der Waals surface area contributed by atoms with Gasteiger partial charge in [-0.3, -0.25) is 0 Å². The van der Waals surface area contributed by atoms with Crippen LogP contribution in [0.3, 0.4) is 0 Å². The first-order valence-corrected chi connectivity index (χ1v) is 8.13. The van der Waals surface area contributed by atoms with Crippen molar-refractivity contribution in [3.63, 3.8) is 0 Å². The van der Waals surface area contributed by atoms with Crippen LogP contribution in [0.2, 0.25) is 5.02 Å². The number of nitrogens with zero attached hydrogens (tertiary/aromatic N) is 2. The van der Waals surface area contributed by atoms with Crippen molar-refractivity contribution in [3.8, 4) is 0 Å². The van der Waals surface area contributed by atoms with Crippen molar-refractivity contribution in [2.45, 2.75) is 46.3 Å². The maximum absolute atomic E-state index is 6.32. The molecule has 3 nitrogen and oxygen atoms in total. The molecule has 0 amide bonds. The predicted molar refractivity (Wildman–Crippen MR) is 91.8 cm³/mol. The summed E-state index contributed by atoms with van der Waals surface area (Å²) in [5.74, 6) is 1.000. The highest BCUT2D eigenvalue weighted by atomic mass is 79.9. The highest BCUT2D eigenvalue weighted by molar-refractivity contribution is 9.10. The van der Waals surface area contributed by atoms with Gasteiger partial charge in [-0.2, -0.15) is 0 Å². The van der Waals surface area contributed by atoms with Gasteiger partial charge in [-0.05, 0) is 45.4 Å². The summed E-state index contributed by atoms with van der Waals surface area (Å²) in [6.07, 6.45) is 1.93. The average Bonchev–Trinajstić information content (AvgIpc) is 2.71. The summed E-state index contributed by atoms with van der Waals surface area (Å²) in [7, 11) is 0. The van der Waals surface area contributed by atoms with E-state index in [9.17, 15) is 0 Å². The summed E-state index contributed by atoms with van der Waals surface area (Å²) in [6.45, 7) is 10.0. The van der Waals surface area contributed by atoms with E-state index in [1.165, 1.54) is 5.69 Å². The van der Waals surface area contributed by atoms with Crippen LogP contribution in [-0.2, 0) is 13.1 Å². The smallest absolute Gasteiger partial charge is 0.106 e. The Labute approximate surface area is 139 Å². The third-order valence-corrected chi connectivity index (χ3v) is 4.13. The summed E-state index contributed by atoms with van der Waals surface area (Å²) >= 11 is 9.76. The molecule has 114 valence electrons. The Balaban J connectivity index is 2.21. The molecule has 2 rings (SSSR count). The molecule has 0 spiro atoms. The Morgan fingerprint density at radius 1 is 1.33 bits per heavy atom. The number of halogens is 2. The molecule has 0 unspecified atom stereocenters. The van der Waals surface area contributed by atoms with Crippen molar-refractivity contribution in [1.82, 2.24) is 14.9 Å². The first-order chi connectivity index (χ1) is 9.76. The molecular formula is C16H21BrClN3. The SMILES string of the molecule is Cc1ncc(CNC(C)(C)C)n1Cc1ccc(Br)cc1Cl. The van der Waals surface area contributed by atoms with Crippen LogP contribution in [0.25, 0.3) is 0 Å². The molecule has 0 radical (unpaired) electrons. The van der Waals surface area contributed by atoms with Crippen molar-refractivity contribution in [1.29, 1.82) is 0 Å². The summed E-state index contributed by atoms with van der Waals surface area (Å²) < 4.78 is 3.20. The lowest BCUT2D eigenvalue weighted by atomic mass is 10.1. The number of aromatic nitrogens is 2. The molecule has 0 aliphatic heterocycles. The highest BCUT2D eigenvalue weighted by Crippen LogP contribution is 2.23. The molecule has 1 aromatic carbocycles. The molecule has 0 saturated carbocycles. The van der Waals surface area contributed by atoms with E-state index in [0.29, 0.717) is 0 Å². The largest absolute Gasteiger partial charge is 0.327 e. The van der Waals surface area contributed by atoms with Gasteiger partial charge < -0.3 is 9.88 Å². The standard InChI is InChI=1S/C16H21BrClN3/c1-11-19-8-14(9-20-16(2,3)4)21(11)10-12-5-6-13(17)7-15(12)18/h5-8,20H,9-10H2,1-4H3. The van der Waals surface area contributed by atoms with Crippen molar-refractivity contribution >= 4 is 27.5 Å². The molecule has 0 aliphatic rings. The molecule has 0 saturated heterocycles. The Bertz CT molecular complexity index is 629. The quantitative estimate of drug-likeness (QED) is 0.856. The van der Waals surface area contributed by atoms with Crippen molar-refractivity contribution in [2.24, 2.45) is 0 Å². The van der Waals surface area contributed by atoms with Gasteiger partial charge in [-0.15, -0.1) is 0 Å². The summed E-state index contributed by atoms with van der Waals surface area (Å²) in [6, 6.07) is 5.99. The van der Waals surface area contributed by atoms with E-state index < -0.39 is 0 Å². The fourth-order valence-corrected chi connectivity index (χ4v) is 2.78. The van der Waals surface area contributed by atoms with Gasteiger partial charge >= 0.3 is 0 Å². The van der Waals surface area contributed by atoms with Crippen LogP contribution >= 0.6 is 27.5 Å². The molecule has 21 heavy (non-hydrogen) atoms. The maximum atomic E-state index is 6.32. The lowest BCUT2D eigenvalue weighted by Crippen LogP contribution is -2.35. The average molecular weight is 371 g/mol. The first kappa shape index (κ1) is 16.5. The number of imidazole rings is 1. The minimum Gasteiger partial charge on any atom is -0.327 e. The molecule has 0 fully saturated rings. The molecule has 0 atom stereocenters. The van der Waals surface area contributed by atoms with Gasteiger partial charge in [0, 0.05) is 27.8 Å². The van der Waals surface area contributed by atoms with Gasteiger partial charge in [0.15, 0.2) is 0 Å². The molecule has 1 N–H and O–H groups in total. The third-order valence-electron chi connectivity index (χ3n) is 3.28. The lowest BCUT2D eigenvalue weighted by Gasteiger charge is -2.21. The number of benzene rings is 1. The third kappa shape index (κ3) is 4.56. The minimum absolute atomic E-state index is 0.0816. The molecular weight excluding hydrogens is 350 g/mol. The van der Waals surface area contributed by atoms with Crippen LogP contribution in [0, 0.1) is 6.92 Å². The Kier molecular flexibility index (Phi) is 5.12. The van der Waals surface area contributed by atoms with E-state index in [2.05, 4.69) is 51.6 Å². The van der Waals surface area contributed by atoms with Crippen LogP contribution < -0.4 is 5.32 Å². The van der Waals surface area contributed by atoms with Crippen molar-refractivity contribution in [3.05, 3.63) is 51.0 Å². The normalized spacial score (nSPS) is 11.9. The monoisotopic (exact) mass is 369 g/mol. The Morgan fingerprint density at radius 3 is 2.67 bits per heavy atom. The lowest BCUT2D eigenvalue weighted by molar-refractivity contribution is 0.416. The predicted octanol–water partition coefficient (Wildman–Crippen LogP) is 4.54. The maximum Gasteiger partial charge on any atom is 0.106 e. The fourth-order valence-electron chi connectivity index (χ4n) is 2.05. The van der Waals surface area contributed by atoms with E-state index in [0.717, 1.165) is 34.0 Å². The Morgan fingerprint density at radius 2 is 2.05 bits per heavy atom. The zero-order chi connectivity index (χ0) is 15.6. The Hall–Kier alpha value is -0.840. The van der Waals surface area contributed by atoms with Gasteiger partial charge in [-0.1, -0.05) is 33.6 Å². The fraction of sp³-hybridized carbons (Fsp3) is 0.438. The second-order valence-electron chi connectivity index (χ2n) is 6.22. The molecule has 0 bridgehead atoms. The van der Waals surface area contributed by atoms with Gasteiger partial charge in [0.25, 0.3) is 0 Å². The van der Waals surface area contributed by atoms with Crippen LogP contribution in [-0.4, -0.2) is 15.1 Å². The van der Waals surface area contributed by atoms with Crippen LogP contribution in [0.1, 0.15) is 37.9 Å². The summed E-state index contributed by atoms with van der Waals surface area (Å²) in [5.41, 5.74) is 2.34. The van der Waals surface area contributed by atoms with Crippen molar-refractivity contribution in [2.75, 3.05) is 0 Å². The van der Waals surface area contributed by atoms with E-state index >= 15 is 0 Å². The van der Waals surface area contributed by atoms with Crippen LogP contribution in [0.5, 0.6) is 0 Å². The van der Waals surface area contributed by atoms with Gasteiger partial charge in [0.1, 0.15) is 5.82 Å². The number of hydrogen-bond acceptors (Lipinski definition) is 2. The van der Waals surface area contributed by atoms with E-state index in [-0.39, 0.29) is 5.54 Å². The highest BCUT2D eigenvalue weighted by Gasteiger charge is 2.13. The van der Waals surface area contributed by atoms with Crippen molar-refractivity contribution < 1.29 is 0 Å². The second kappa shape index (κ2) is 6.51. The van der Waals surface area contributed by atoms with Crippen LogP contribution in [0.15, 0.2) is 28.9 Å². The molecule has 1 aromatic heterocycles. The van der Waals surface area contributed by atoms with E-state index in [1.807, 2.05) is 31.3 Å². The second-order valence-corrected chi connectivity index (χ2v) is 7.55. The summed E-state index contributed by atoms with van der Waals surface area (Å²) in [4.78, 5) is 4.43. The molecule has 0 aliphatic carbocycles. The number of nitrogens with one attached hydrogen (secondary N) is 1. The molecule has 2 aromatic rings. The van der Waals surface area contributed by atoms with E-state index in [1.54, 1.807) is 0 Å². The number of rotatable bonds is 4. The van der Waals surface area contributed by atoms with Gasteiger partial charge in [0.2, 0.25) is 0 Å². The number of hydrogen-bond donors (Lipinski definition) is 1. The van der Waals surface area contributed by atoms with E-state index in [4.69, 9.17) is 11.6 Å². The minimum atomic E-state index is 0.0816. The van der Waals surface area contributed by atoms with Gasteiger partial charge in [-0.25, -0.2) is 4.98 Å². The zero-order valence-corrected chi connectivity index (χ0v) is 15.2. The first-order valence-electron chi connectivity index (χ1n) is 6.96. The zero-order valence-electron chi connectivity index (χ0n) is 12.9. The molecule has 1 heterocycles.